The first kappa shape index (κ1) is 15.7. The van der Waals surface area contributed by atoms with Crippen LogP contribution >= 0.6 is 7.92 Å². The van der Waals surface area contributed by atoms with Crippen molar-refractivity contribution in [3.63, 3.8) is 0 Å². The molecule has 1 unspecified atom stereocenters. The highest BCUT2D eigenvalue weighted by Gasteiger charge is 2.19. The number of carbonyl (C=O) groups excluding carboxylic acids is 1. The van der Waals surface area contributed by atoms with Crippen molar-refractivity contribution in [1.29, 1.82) is 0 Å². The van der Waals surface area contributed by atoms with Crippen molar-refractivity contribution in [2.75, 3.05) is 19.8 Å². The first-order valence-electron chi connectivity index (χ1n) is 7.36. The van der Waals surface area contributed by atoms with Crippen LogP contribution in [0.1, 0.15) is 24.2 Å². The van der Waals surface area contributed by atoms with Gasteiger partial charge in [0.15, 0.2) is 0 Å². The lowest BCUT2D eigenvalue weighted by molar-refractivity contribution is 0.0774. The maximum atomic E-state index is 12.7. The molecule has 0 fully saturated rings. The Balaban J connectivity index is 2.39. The van der Waals surface area contributed by atoms with Gasteiger partial charge in [0.2, 0.25) is 0 Å². The van der Waals surface area contributed by atoms with Crippen molar-refractivity contribution < 1.29 is 4.79 Å². The van der Waals surface area contributed by atoms with Crippen LogP contribution in [0.15, 0.2) is 54.6 Å². The maximum absolute atomic E-state index is 12.7. The summed E-state index contributed by atoms with van der Waals surface area (Å²) in [5, 5.41) is 2.46. The van der Waals surface area contributed by atoms with Gasteiger partial charge >= 0.3 is 0 Å². The normalized spacial score (nSPS) is 12.0. The van der Waals surface area contributed by atoms with Crippen molar-refractivity contribution in [2.24, 2.45) is 0 Å². The van der Waals surface area contributed by atoms with Crippen molar-refractivity contribution >= 4 is 24.4 Å². The molecule has 0 spiro atoms. The summed E-state index contributed by atoms with van der Waals surface area (Å²) < 4.78 is 0. The Morgan fingerprint density at radius 3 is 2.14 bits per heavy atom. The van der Waals surface area contributed by atoms with Crippen LogP contribution in [-0.2, 0) is 0 Å². The van der Waals surface area contributed by atoms with Gasteiger partial charge in [0.25, 0.3) is 5.91 Å². The Morgan fingerprint density at radius 1 is 0.952 bits per heavy atom. The molecule has 1 amide bonds. The molecule has 0 N–H and O–H groups in total. The van der Waals surface area contributed by atoms with Gasteiger partial charge in [-0.2, -0.15) is 0 Å². The molecule has 0 aliphatic rings. The highest BCUT2D eigenvalue weighted by atomic mass is 31.1. The second-order valence-electron chi connectivity index (χ2n) is 4.89. The Labute approximate surface area is 128 Å². The summed E-state index contributed by atoms with van der Waals surface area (Å²) >= 11 is 0. The average molecular weight is 299 g/mol. The third kappa shape index (κ3) is 3.51. The summed E-state index contributed by atoms with van der Waals surface area (Å²) in [5.41, 5.74) is 0.846. The molecule has 0 heterocycles. The molecular weight excluding hydrogens is 277 g/mol. The molecule has 0 bridgehead atoms. The highest BCUT2D eigenvalue weighted by molar-refractivity contribution is 7.72. The Hall–Kier alpha value is -1.66. The fourth-order valence-corrected chi connectivity index (χ4v) is 4.16. The van der Waals surface area contributed by atoms with E-state index in [0.717, 1.165) is 24.0 Å². The minimum Gasteiger partial charge on any atom is -0.339 e. The number of rotatable bonds is 5. The zero-order valence-corrected chi connectivity index (χ0v) is 13.8. The zero-order chi connectivity index (χ0) is 15.2. The Kier molecular flexibility index (Phi) is 5.52. The summed E-state index contributed by atoms with van der Waals surface area (Å²) in [7, 11) is -0.506. The second kappa shape index (κ2) is 7.38. The third-order valence-electron chi connectivity index (χ3n) is 3.69. The topological polar surface area (TPSA) is 20.3 Å². The standard InChI is InChI=1S/C18H22NOP/c1-4-19(5-2)18(20)16-13-9-10-14-17(16)21(3)15-11-7-6-8-12-15/h6-14H,4-5H2,1-3H3. The molecule has 0 saturated heterocycles. The lowest BCUT2D eigenvalue weighted by Crippen LogP contribution is -2.33. The number of hydrogen-bond donors (Lipinski definition) is 0. The first-order chi connectivity index (χ1) is 10.2. The summed E-state index contributed by atoms with van der Waals surface area (Å²) in [6.45, 7) is 7.76. The Bertz CT molecular complexity index is 593. The van der Waals surface area contributed by atoms with Crippen LogP contribution in [0.3, 0.4) is 0 Å². The molecule has 0 aliphatic carbocycles. The van der Waals surface area contributed by atoms with Gasteiger partial charge < -0.3 is 4.90 Å². The lowest BCUT2D eigenvalue weighted by Gasteiger charge is -2.22. The predicted octanol–water partition coefficient (Wildman–Crippen LogP) is 3.23. The number of benzene rings is 2. The first-order valence-corrected chi connectivity index (χ1v) is 9.15. The molecule has 2 rings (SSSR count). The van der Waals surface area contributed by atoms with E-state index in [2.05, 4.69) is 37.0 Å². The maximum Gasteiger partial charge on any atom is 0.254 e. The largest absolute Gasteiger partial charge is 0.339 e. The SMILES string of the molecule is CCN(CC)C(=O)c1ccccc1P(C)c1ccccc1. The van der Waals surface area contributed by atoms with E-state index in [1.54, 1.807) is 0 Å². The number of carbonyl (C=O) groups is 1. The minimum absolute atomic E-state index is 0.140. The van der Waals surface area contributed by atoms with E-state index >= 15 is 0 Å². The van der Waals surface area contributed by atoms with E-state index < -0.39 is 7.92 Å². The van der Waals surface area contributed by atoms with Gasteiger partial charge in [-0.3, -0.25) is 4.79 Å². The number of amides is 1. The smallest absolute Gasteiger partial charge is 0.254 e. The van der Waals surface area contributed by atoms with Gasteiger partial charge in [-0.25, -0.2) is 0 Å². The van der Waals surface area contributed by atoms with E-state index in [1.165, 1.54) is 5.30 Å². The molecule has 110 valence electrons. The summed E-state index contributed by atoms with van der Waals surface area (Å²) in [5.74, 6) is 0.140. The van der Waals surface area contributed by atoms with Crippen LogP contribution in [0.4, 0.5) is 0 Å². The average Bonchev–Trinajstić information content (AvgIpc) is 2.56. The van der Waals surface area contributed by atoms with E-state index in [1.807, 2.05) is 43.0 Å². The summed E-state index contributed by atoms with van der Waals surface area (Å²) in [6, 6.07) is 18.5. The quantitative estimate of drug-likeness (QED) is 0.776. The molecule has 2 aromatic rings. The molecule has 0 aliphatic heterocycles. The van der Waals surface area contributed by atoms with Gasteiger partial charge in [0.05, 0.1) is 0 Å². The van der Waals surface area contributed by atoms with Crippen LogP contribution in [0.5, 0.6) is 0 Å². The molecule has 0 radical (unpaired) electrons. The van der Waals surface area contributed by atoms with Gasteiger partial charge in [0, 0.05) is 18.7 Å². The molecule has 2 aromatic carbocycles. The Morgan fingerprint density at radius 2 is 1.52 bits per heavy atom. The zero-order valence-electron chi connectivity index (χ0n) is 12.9. The van der Waals surface area contributed by atoms with Crippen molar-refractivity contribution in [1.82, 2.24) is 4.90 Å². The van der Waals surface area contributed by atoms with Gasteiger partial charge in [-0.1, -0.05) is 48.5 Å². The monoisotopic (exact) mass is 299 g/mol. The predicted molar refractivity (Wildman–Crippen MR) is 92.2 cm³/mol. The lowest BCUT2D eigenvalue weighted by atomic mass is 10.2. The van der Waals surface area contributed by atoms with Crippen LogP contribution in [0.25, 0.3) is 0 Å². The van der Waals surface area contributed by atoms with Crippen LogP contribution in [0.2, 0.25) is 0 Å². The van der Waals surface area contributed by atoms with E-state index in [-0.39, 0.29) is 5.91 Å². The van der Waals surface area contributed by atoms with Crippen LogP contribution in [-0.4, -0.2) is 30.6 Å². The molecule has 3 heteroatoms. The molecular formula is C18H22NOP. The highest BCUT2D eigenvalue weighted by Crippen LogP contribution is 2.30. The summed E-state index contributed by atoms with van der Waals surface area (Å²) in [4.78, 5) is 14.6. The van der Waals surface area contributed by atoms with Crippen LogP contribution < -0.4 is 10.6 Å². The van der Waals surface area contributed by atoms with E-state index in [0.29, 0.717) is 0 Å². The van der Waals surface area contributed by atoms with Gasteiger partial charge in [-0.15, -0.1) is 0 Å². The van der Waals surface area contributed by atoms with E-state index in [4.69, 9.17) is 0 Å². The van der Waals surface area contributed by atoms with Gasteiger partial charge in [-0.05, 0) is 45.1 Å². The third-order valence-corrected chi connectivity index (χ3v) is 5.88. The summed E-state index contributed by atoms with van der Waals surface area (Å²) in [6.07, 6.45) is 0. The minimum atomic E-state index is -0.506. The van der Waals surface area contributed by atoms with E-state index in [9.17, 15) is 4.79 Å². The molecule has 0 aromatic heterocycles. The van der Waals surface area contributed by atoms with Crippen molar-refractivity contribution in [2.45, 2.75) is 13.8 Å². The second-order valence-corrected chi connectivity index (χ2v) is 7.01. The molecule has 2 nitrogen and oxygen atoms in total. The van der Waals surface area contributed by atoms with Gasteiger partial charge in [0.1, 0.15) is 0 Å². The molecule has 0 saturated carbocycles. The molecule has 21 heavy (non-hydrogen) atoms. The fourth-order valence-electron chi connectivity index (χ4n) is 2.42. The number of nitrogens with zero attached hydrogens (tertiary/aromatic N) is 1. The van der Waals surface area contributed by atoms with Crippen molar-refractivity contribution in [3.8, 4) is 0 Å². The van der Waals surface area contributed by atoms with Crippen LogP contribution in [0, 0.1) is 0 Å². The number of hydrogen-bond acceptors (Lipinski definition) is 1. The molecule has 1 atom stereocenters. The van der Waals surface area contributed by atoms with Crippen molar-refractivity contribution in [3.05, 3.63) is 60.2 Å². The fraction of sp³-hybridized carbons (Fsp3) is 0.278.